The number of phosphoric ester groups is 1. The molecule has 0 saturated heterocycles. The molecule has 0 rings (SSSR count). The van der Waals surface area contributed by atoms with Gasteiger partial charge in [0.25, 0.3) is 0 Å². The number of esters is 1. The van der Waals surface area contributed by atoms with Crippen LogP contribution in [0.1, 0.15) is 168 Å². The van der Waals surface area contributed by atoms with E-state index in [1.54, 1.807) is 0 Å². The molecule has 3 unspecified atom stereocenters. The molecule has 10 heteroatoms. The van der Waals surface area contributed by atoms with Crippen LogP contribution in [0.2, 0.25) is 0 Å². The zero-order valence-corrected chi connectivity index (χ0v) is 36.2. The van der Waals surface area contributed by atoms with Crippen LogP contribution in [0.25, 0.3) is 0 Å². The van der Waals surface area contributed by atoms with E-state index in [4.69, 9.17) is 23.6 Å². The average Bonchev–Trinajstić information content (AvgIpc) is 3.19. The SMILES string of the molecule is CC/C=C\C/C=C\C/C=C\C/C=C\C/C=C\C/C=C\CCC(=O)OC(COCCCCCCCCCCCCCCCCCC)COP(=O)(O)OCC(O)CO. The van der Waals surface area contributed by atoms with E-state index in [2.05, 4.69) is 74.6 Å². The molecule has 0 bridgehead atoms. The van der Waals surface area contributed by atoms with Crippen LogP contribution in [0.5, 0.6) is 0 Å². The highest BCUT2D eigenvalue weighted by Gasteiger charge is 2.26. The highest BCUT2D eigenvalue weighted by atomic mass is 31.2. The number of aliphatic hydroxyl groups excluding tert-OH is 2. The number of phosphoric acid groups is 1. The van der Waals surface area contributed by atoms with E-state index >= 15 is 0 Å². The van der Waals surface area contributed by atoms with Gasteiger partial charge >= 0.3 is 13.8 Å². The van der Waals surface area contributed by atoms with Crippen LogP contribution in [0.4, 0.5) is 0 Å². The fraction of sp³-hybridized carbons (Fsp3) is 0.717. The third-order valence-electron chi connectivity index (χ3n) is 8.92. The normalized spacial score (nSPS) is 14.7. The molecule has 56 heavy (non-hydrogen) atoms. The second-order valence-corrected chi connectivity index (χ2v) is 15.8. The number of unbranched alkanes of at least 4 members (excludes halogenated alkanes) is 15. The Morgan fingerprint density at radius 1 is 0.571 bits per heavy atom. The summed E-state index contributed by atoms with van der Waals surface area (Å²) in [5.41, 5.74) is 0. The first-order valence-electron chi connectivity index (χ1n) is 21.9. The molecule has 0 spiro atoms. The molecule has 0 aromatic rings. The van der Waals surface area contributed by atoms with Crippen molar-refractivity contribution >= 4 is 13.8 Å². The first-order chi connectivity index (χ1) is 27.3. The maximum absolute atomic E-state index is 12.6. The van der Waals surface area contributed by atoms with Gasteiger partial charge in [-0.2, -0.15) is 0 Å². The zero-order chi connectivity index (χ0) is 41.1. The summed E-state index contributed by atoms with van der Waals surface area (Å²) in [6.07, 6.45) is 50.2. The van der Waals surface area contributed by atoms with Gasteiger partial charge in [0, 0.05) is 13.0 Å². The molecule has 9 nitrogen and oxygen atoms in total. The average molecular weight is 809 g/mol. The summed E-state index contributed by atoms with van der Waals surface area (Å²) in [7, 11) is -4.54. The van der Waals surface area contributed by atoms with Crippen molar-refractivity contribution < 1.29 is 43.0 Å². The molecule has 0 saturated carbocycles. The molecule has 3 atom stereocenters. The Balaban J connectivity index is 4.30. The highest BCUT2D eigenvalue weighted by molar-refractivity contribution is 7.47. The van der Waals surface area contributed by atoms with Crippen molar-refractivity contribution in [3.63, 3.8) is 0 Å². The summed E-state index contributed by atoms with van der Waals surface area (Å²) in [6, 6.07) is 0. The molecule has 0 heterocycles. The number of carbonyl (C=O) groups is 1. The lowest BCUT2D eigenvalue weighted by Crippen LogP contribution is -2.29. The van der Waals surface area contributed by atoms with E-state index in [0.717, 1.165) is 57.8 Å². The number of allylic oxidation sites excluding steroid dienone is 12. The summed E-state index contributed by atoms with van der Waals surface area (Å²) in [5.74, 6) is -0.464. The van der Waals surface area contributed by atoms with Crippen molar-refractivity contribution in [1.29, 1.82) is 0 Å². The van der Waals surface area contributed by atoms with Crippen LogP contribution in [0, 0.1) is 0 Å². The third-order valence-corrected chi connectivity index (χ3v) is 9.87. The predicted octanol–water partition coefficient (Wildman–Crippen LogP) is 12.1. The summed E-state index contributed by atoms with van der Waals surface area (Å²) in [6.45, 7) is 3.30. The third kappa shape index (κ3) is 41.5. The molecule has 0 amide bonds. The van der Waals surface area contributed by atoms with Crippen molar-refractivity contribution in [2.45, 2.75) is 180 Å². The second kappa shape index (κ2) is 42.5. The van der Waals surface area contributed by atoms with Gasteiger partial charge in [0.1, 0.15) is 12.2 Å². The van der Waals surface area contributed by atoms with Gasteiger partial charge in [-0.3, -0.25) is 13.8 Å². The lowest BCUT2D eigenvalue weighted by atomic mass is 10.0. The van der Waals surface area contributed by atoms with Gasteiger partial charge in [-0.1, -0.05) is 183 Å². The zero-order valence-electron chi connectivity index (χ0n) is 35.3. The molecule has 0 aromatic heterocycles. The Morgan fingerprint density at radius 3 is 1.43 bits per heavy atom. The molecule has 0 aromatic carbocycles. The Morgan fingerprint density at radius 2 is 0.982 bits per heavy atom. The summed E-state index contributed by atoms with van der Waals surface area (Å²) < 4.78 is 33.3. The van der Waals surface area contributed by atoms with Crippen LogP contribution in [-0.4, -0.2) is 66.3 Å². The highest BCUT2D eigenvalue weighted by Crippen LogP contribution is 2.43. The number of carbonyl (C=O) groups excluding carboxylic acids is 1. The fourth-order valence-corrected chi connectivity index (χ4v) is 6.41. The minimum absolute atomic E-state index is 0.0175. The number of rotatable bonds is 41. The monoisotopic (exact) mass is 809 g/mol. The van der Waals surface area contributed by atoms with Gasteiger partial charge in [0.2, 0.25) is 0 Å². The van der Waals surface area contributed by atoms with Crippen LogP contribution in [0.15, 0.2) is 72.9 Å². The smallest absolute Gasteiger partial charge is 0.457 e. The summed E-state index contributed by atoms with van der Waals surface area (Å²) in [4.78, 5) is 22.5. The van der Waals surface area contributed by atoms with Gasteiger partial charge in [0.15, 0.2) is 0 Å². The molecule has 324 valence electrons. The summed E-state index contributed by atoms with van der Waals surface area (Å²) >= 11 is 0. The van der Waals surface area contributed by atoms with E-state index in [9.17, 15) is 19.4 Å². The van der Waals surface area contributed by atoms with Crippen molar-refractivity contribution in [2.75, 3.05) is 33.0 Å². The van der Waals surface area contributed by atoms with Crippen molar-refractivity contribution in [2.24, 2.45) is 0 Å². The number of hydrogen-bond donors (Lipinski definition) is 3. The van der Waals surface area contributed by atoms with E-state index in [0.29, 0.717) is 13.0 Å². The topological polar surface area (TPSA) is 132 Å². The van der Waals surface area contributed by atoms with Gasteiger partial charge in [0.05, 0.1) is 26.4 Å². The van der Waals surface area contributed by atoms with Crippen LogP contribution < -0.4 is 0 Å². The minimum atomic E-state index is -4.54. The Labute approximate surface area is 342 Å². The van der Waals surface area contributed by atoms with E-state index in [-0.39, 0.29) is 13.0 Å². The first-order valence-corrected chi connectivity index (χ1v) is 23.4. The van der Waals surface area contributed by atoms with Crippen LogP contribution >= 0.6 is 7.82 Å². The predicted molar refractivity (Wildman–Crippen MR) is 233 cm³/mol. The number of aliphatic hydroxyl groups is 2. The minimum Gasteiger partial charge on any atom is -0.457 e. The maximum Gasteiger partial charge on any atom is 0.472 e. The summed E-state index contributed by atoms with van der Waals surface area (Å²) in [5, 5.41) is 18.3. The lowest BCUT2D eigenvalue weighted by molar-refractivity contribution is -0.154. The number of hydrogen-bond acceptors (Lipinski definition) is 8. The standard InChI is InChI=1S/C46H81O9P/c1-3-5-7-9-11-13-15-17-19-21-22-23-24-26-28-30-32-34-36-38-46(49)55-45(43-54-56(50,51)53-41-44(48)40-47)42-52-39-37-35-33-31-29-27-25-20-18-16-14-12-10-8-6-4-2/h5,7,11,13,17,19,22-23,26,28,32,34,44-45,47-48H,3-4,6,8-10,12,14-16,18,20-21,24-25,27,29-31,33,35-43H2,1-2H3,(H,50,51)/b7-5-,13-11-,19-17-,23-22-,28-26-,34-32-. The van der Waals surface area contributed by atoms with Gasteiger partial charge in [-0.25, -0.2) is 4.57 Å². The van der Waals surface area contributed by atoms with Crippen molar-refractivity contribution in [3.05, 3.63) is 72.9 Å². The van der Waals surface area contributed by atoms with Crippen molar-refractivity contribution in [1.82, 2.24) is 0 Å². The second-order valence-electron chi connectivity index (χ2n) is 14.3. The molecule has 0 aliphatic heterocycles. The van der Waals surface area contributed by atoms with Crippen LogP contribution in [-0.2, 0) is 27.9 Å². The molecule has 0 radical (unpaired) electrons. The molecular weight excluding hydrogens is 727 g/mol. The fourth-order valence-electron chi connectivity index (χ4n) is 5.62. The van der Waals surface area contributed by atoms with Gasteiger partial charge in [-0.05, 0) is 51.4 Å². The Kier molecular flexibility index (Phi) is 40.9. The molecule has 0 aliphatic carbocycles. The van der Waals surface area contributed by atoms with Gasteiger partial charge < -0.3 is 24.6 Å². The van der Waals surface area contributed by atoms with Gasteiger partial charge in [-0.15, -0.1) is 0 Å². The van der Waals surface area contributed by atoms with E-state index in [1.807, 2.05) is 12.2 Å². The molecular formula is C46H81O9P. The van der Waals surface area contributed by atoms with E-state index in [1.165, 1.54) is 83.5 Å². The largest absolute Gasteiger partial charge is 0.472 e. The molecule has 0 fully saturated rings. The van der Waals surface area contributed by atoms with Crippen molar-refractivity contribution in [3.8, 4) is 0 Å². The lowest BCUT2D eigenvalue weighted by Gasteiger charge is -2.20. The maximum atomic E-state index is 12.6. The van der Waals surface area contributed by atoms with E-state index < -0.39 is 45.8 Å². The van der Waals surface area contributed by atoms with Crippen LogP contribution in [0.3, 0.4) is 0 Å². The molecule has 3 N–H and O–H groups in total. The molecule has 0 aliphatic rings. The quantitative estimate of drug-likeness (QED) is 0.0239. The Hall–Kier alpha value is -2.10. The first kappa shape index (κ1) is 53.9. The Bertz CT molecular complexity index is 1100. The number of ether oxygens (including phenoxy) is 2.